The summed E-state index contributed by atoms with van der Waals surface area (Å²) in [6.45, 7) is 1.69. The highest BCUT2D eigenvalue weighted by molar-refractivity contribution is 9.10. The minimum atomic E-state index is 0.543. The van der Waals surface area contributed by atoms with Crippen molar-refractivity contribution in [3.05, 3.63) is 57.5 Å². The molecule has 5 heteroatoms. The highest BCUT2D eigenvalue weighted by Gasteiger charge is 2.02. The summed E-state index contributed by atoms with van der Waals surface area (Å²) in [4.78, 5) is 0. The third-order valence-electron chi connectivity index (χ3n) is 2.87. The number of hydrogen-bond acceptors (Lipinski definition) is 3. The molecule has 2 aromatic carbocycles. The van der Waals surface area contributed by atoms with Crippen LogP contribution in [0, 0.1) is 0 Å². The van der Waals surface area contributed by atoms with Crippen LogP contribution in [0.15, 0.2) is 46.9 Å². The zero-order valence-electron chi connectivity index (χ0n) is 11.5. The van der Waals surface area contributed by atoms with Gasteiger partial charge in [0.25, 0.3) is 0 Å². The maximum atomic E-state index is 6.05. The van der Waals surface area contributed by atoms with Crippen LogP contribution in [0.3, 0.4) is 0 Å². The topological polar surface area (TPSA) is 44.5 Å². The molecule has 0 spiro atoms. The largest absolute Gasteiger partial charge is 0.493 e. The van der Waals surface area contributed by atoms with E-state index in [9.17, 15) is 0 Å². The molecular formula is C16H17BrClNO2. The SMILES string of the molecule is NCc1ccc(OCCCOc2cc(Br)ccc2Cl)cc1. The van der Waals surface area contributed by atoms with Gasteiger partial charge in [0.2, 0.25) is 0 Å². The summed E-state index contributed by atoms with van der Waals surface area (Å²) in [5.74, 6) is 1.52. The fourth-order valence-electron chi connectivity index (χ4n) is 1.74. The summed E-state index contributed by atoms with van der Waals surface area (Å²) < 4.78 is 12.2. The number of rotatable bonds is 7. The van der Waals surface area contributed by atoms with E-state index in [0.29, 0.717) is 30.5 Å². The van der Waals surface area contributed by atoms with E-state index in [0.717, 1.165) is 22.2 Å². The Balaban J connectivity index is 1.71. The van der Waals surface area contributed by atoms with Crippen molar-refractivity contribution in [1.82, 2.24) is 0 Å². The summed E-state index contributed by atoms with van der Waals surface area (Å²) in [7, 11) is 0. The normalized spacial score (nSPS) is 10.4. The molecular weight excluding hydrogens is 354 g/mol. The smallest absolute Gasteiger partial charge is 0.139 e. The summed E-state index contributed by atoms with van der Waals surface area (Å²) in [6, 6.07) is 13.3. The van der Waals surface area contributed by atoms with Gasteiger partial charge in [-0.2, -0.15) is 0 Å². The van der Waals surface area contributed by atoms with Gasteiger partial charge >= 0.3 is 0 Å². The molecule has 0 atom stereocenters. The van der Waals surface area contributed by atoms with Gasteiger partial charge in [0.05, 0.1) is 18.2 Å². The molecule has 0 bridgehead atoms. The zero-order valence-corrected chi connectivity index (χ0v) is 13.9. The molecule has 0 amide bonds. The molecule has 0 saturated heterocycles. The van der Waals surface area contributed by atoms with Crippen molar-refractivity contribution in [2.24, 2.45) is 5.73 Å². The number of halogens is 2. The molecule has 0 saturated carbocycles. The van der Waals surface area contributed by atoms with Crippen LogP contribution in [0.2, 0.25) is 5.02 Å². The van der Waals surface area contributed by atoms with Crippen molar-refractivity contribution in [3.8, 4) is 11.5 Å². The Kier molecular flexibility index (Phi) is 6.36. The summed E-state index contributed by atoms with van der Waals surface area (Å²) in [5.41, 5.74) is 6.64. The van der Waals surface area contributed by atoms with Crippen LogP contribution in [-0.4, -0.2) is 13.2 Å². The van der Waals surface area contributed by atoms with Gasteiger partial charge in [-0.3, -0.25) is 0 Å². The Morgan fingerprint density at radius 1 is 1.00 bits per heavy atom. The molecule has 2 rings (SSSR count). The molecule has 21 heavy (non-hydrogen) atoms. The van der Waals surface area contributed by atoms with Gasteiger partial charge in [0.1, 0.15) is 11.5 Å². The third-order valence-corrected chi connectivity index (χ3v) is 3.67. The van der Waals surface area contributed by atoms with Gasteiger partial charge in [0, 0.05) is 17.4 Å². The van der Waals surface area contributed by atoms with E-state index < -0.39 is 0 Å². The van der Waals surface area contributed by atoms with Crippen LogP contribution in [0.25, 0.3) is 0 Å². The van der Waals surface area contributed by atoms with Crippen LogP contribution >= 0.6 is 27.5 Å². The van der Waals surface area contributed by atoms with Gasteiger partial charge in [-0.05, 0) is 35.9 Å². The van der Waals surface area contributed by atoms with Crippen LogP contribution in [-0.2, 0) is 6.54 Å². The molecule has 112 valence electrons. The predicted octanol–water partition coefficient (Wildman–Crippen LogP) is 4.41. The molecule has 2 aromatic rings. The molecule has 0 radical (unpaired) electrons. The molecule has 0 aliphatic rings. The third kappa shape index (κ3) is 5.23. The Labute approximate surface area is 138 Å². The molecule has 2 N–H and O–H groups in total. The Morgan fingerprint density at radius 3 is 2.43 bits per heavy atom. The predicted molar refractivity (Wildman–Crippen MR) is 89.1 cm³/mol. The first-order valence-corrected chi connectivity index (χ1v) is 7.86. The number of ether oxygens (including phenoxy) is 2. The quantitative estimate of drug-likeness (QED) is 0.734. The van der Waals surface area contributed by atoms with Gasteiger partial charge in [-0.1, -0.05) is 39.7 Å². The highest BCUT2D eigenvalue weighted by atomic mass is 79.9. The first kappa shape index (κ1) is 16.1. The van der Waals surface area contributed by atoms with E-state index in [-0.39, 0.29) is 0 Å². The van der Waals surface area contributed by atoms with Gasteiger partial charge in [-0.25, -0.2) is 0 Å². The Bertz CT molecular complexity index is 575. The second kappa shape index (κ2) is 8.27. The fraction of sp³-hybridized carbons (Fsp3) is 0.250. The van der Waals surface area contributed by atoms with Gasteiger partial charge in [-0.15, -0.1) is 0 Å². The van der Waals surface area contributed by atoms with E-state index in [1.165, 1.54) is 0 Å². The van der Waals surface area contributed by atoms with E-state index in [1.807, 2.05) is 36.4 Å². The van der Waals surface area contributed by atoms with Gasteiger partial charge < -0.3 is 15.2 Å². The summed E-state index contributed by atoms with van der Waals surface area (Å²) in [6.07, 6.45) is 0.779. The first-order chi connectivity index (χ1) is 10.2. The average molecular weight is 371 g/mol. The maximum Gasteiger partial charge on any atom is 0.139 e. The van der Waals surface area contributed by atoms with Crippen LogP contribution in [0.4, 0.5) is 0 Å². The van der Waals surface area contributed by atoms with Gasteiger partial charge in [0.15, 0.2) is 0 Å². The Morgan fingerprint density at radius 2 is 1.71 bits per heavy atom. The molecule has 0 aromatic heterocycles. The lowest BCUT2D eigenvalue weighted by atomic mass is 10.2. The molecule has 0 aliphatic carbocycles. The van der Waals surface area contributed by atoms with Crippen LogP contribution in [0.5, 0.6) is 11.5 Å². The average Bonchev–Trinajstić information content (AvgIpc) is 2.51. The minimum Gasteiger partial charge on any atom is -0.493 e. The summed E-state index contributed by atoms with van der Waals surface area (Å²) in [5, 5.41) is 0.608. The number of benzene rings is 2. The lowest BCUT2D eigenvalue weighted by Gasteiger charge is -2.09. The zero-order chi connectivity index (χ0) is 15.1. The maximum absolute atomic E-state index is 6.05. The van der Waals surface area contributed by atoms with Crippen molar-refractivity contribution >= 4 is 27.5 Å². The van der Waals surface area contributed by atoms with E-state index >= 15 is 0 Å². The van der Waals surface area contributed by atoms with Crippen LogP contribution < -0.4 is 15.2 Å². The van der Waals surface area contributed by atoms with E-state index in [1.54, 1.807) is 6.07 Å². The lowest BCUT2D eigenvalue weighted by Crippen LogP contribution is -2.05. The molecule has 0 unspecified atom stereocenters. The number of hydrogen-bond donors (Lipinski definition) is 1. The van der Waals surface area contributed by atoms with E-state index in [2.05, 4.69) is 15.9 Å². The molecule has 3 nitrogen and oxygen atoms in total. The molecule has 0 aliphatic heterocycles. The molecule has 0 fully saturated rings. The Hall–Kier alpha value is -1.23. The van der Waals surface area contributed by atoms with Crippen molar-refractivity contribution in [3.63, 3.8) is 0 Å². The van der Waals surface area contributed by atoms with E-state index in [4.69, 9.17) is 26.8 Å². The standard InChI is InChI=1S/C16H17BrClNO2/c17-13-4-7-15(18)16(10-13)21-9-1-8-20-14-5-2-12(11-19)3-6-14/h2-7,10H,1,8-9,11,19H2. The van der Waals surface area contributed by atoms with Crippen molar-refractivity contribution in [2.45, 2.75) is 13.0 Å². The van der Waals surface area contributed by atoms with Crippen LogP contribution in [0.1, 0.15) is 12.0 Å². The molecule has 0 heterocycles. The first-order valence-electron chi connectivity index (χ1n) is 6.68. The van der Waals surface area contributed by atoms with Crippen molar-refractivity contribution in [2.75, 3.05) is 13.2 Å². The minimum absolute atomic E-state index is 0.543. The fourth-order valence-corrected chi connectivity index (χ4v) is 2.25. The lowest BCUT2D eigenvalue weighted by molar-refractivity contribution is 0.247. The summed E-state index contributed by atoms with van der Waals surface area (Å²) >= 11 is 9.44. The highest BCUT2D eigenvalue weighted by Crippen LogP contribution is 2.27. The second-order valence-corrected chi connectivity index (χ2v) is 5.80. The number of nitrogens with two attached hydrogens (primary N) is 1. The second-order valence-electron chi connectivity index (χ2n) is 4.47. The van der Waals surface area contributed by atoms with Crippen molar-refractivity contribution < 1.29 is 9.47 Å². The monoisotopic (exact) mass is 369 g/mol. The van der Waals surface area contributed by atoms with Crippen molar-refractivity contribution in [1.29, 1.82) is 0 Å².